The van der Waals surface area contributed by atoms with E-state index in [1.165, 1.54) is 5.56 Å². The van der Waals surface area contributed by atoms with Gasteiger partial charge in [0.05, 0.1) is 5.54 Å². The number of carbonyl (C=O) groups is 1. The molecule has 3 rings (SSSR count). The summed E-state index contributed by atoms with van der Waals surface area (Å²) in [6, 6.07) is 10.4. The summed E-state index contributed by atoms with van der Waals surface area (Å²) in [4.78, 5) is 14.6. The summed E-state index contributed by atoms with van der Waals surface area (Å²) in [5.74, 6) is 0.557. The molecule has 1 aromatic rings. The van der Waals surface area contributed by atoms with Gasteiger partial charge in [0.15, 0.2) is 0 Å². The number of carbonyl (C=O) groups excluding carboxylic acids is 1. The first-order valence-corrected chi connectivity index (χ1v) is 8.75. The summed E-state index contributed by atoms with van der Waals surface area (Å²) >= 11 is 4.72. The number of nitrogens with two attached hydrogens (primary N) is 1. The normalized spacial score (nSPS) is 33.1. The molecule has 2 aliphatic rings. The van der Waals surface area contributed by atoms with Crippen LogP contribution in [0.25, 0.3) is 0 Å². The highest BCUT2D eigenvalue weighted by Crippen LogP contribution is 2.60. The van der Waals surface area contributed by atoms with Gasteiger partial charge in [0.1, 0.15) is 5.60 Å². The van der Waals surface area contributed by atoms with Crippen molar-refractivity contribution in [2.24, 2.45) is 11.7 Å². The Kier molecular flexibility index (Phi) is 4.13. The van der Waals surface area contributed by atoms with E-state index in [0.29, 0.717) is 19.0 Å². The van der Waals surface area contributed by atoms with Gasteiger partial charge < -0.3 is 15.4 Å². The van der Waals surface area contributed by atoms with Crippen LogP contribution >= 0.6 is 12.6 Å². The maximum atomic E-state index is 12.7. The molecule has 1 aromatic carbocycles. The first-order valence-electron chi connectivity index (χ1n) is 8.23. The van der Waals surface area contributed by atoms with Gasteiger partial charge in [-0.05, 0) is 39.3 Å². The third-order valence-electron chi connectivity index (χ3n) is 5.04. The third-order valence-corrected chi connectivity index (χ3v) is 5.85. The average molecular weight is 334 g/mol. The number of rotatable bonds is 2. The largest absolute Gasteiger partial charge is 0.444 e. The van der Waals surface area contributed by atoms with Crippen molar-refractivity contribution < 1.29 is 9.53 Å². The molecule has 2 fully saturated rings. The fourth-order valence-corrected chi connectivity index (χ4v) is 4.65. The summed E-state index contributed by atoms with van der Waals surface area (Å²) in [7, 11) is 0. The Bertz CT molecular complexity index is 586. The number of amides is 1. The highest BCUT2D eigenvalue weighted by Gasteiger charge is 2.70. The molecule has 1 aliphatic heterocycles. The second kappa shape index (κ2) is 5.71. The van der Waals surface area contributed by atoms with Gasteiger partial charge in [0.25, 0.3) is 0 Å². The van der Waals surface area contributed by atoms with Gasteiger partial charge in [0, 0.05) is 23.6 Å². The minimum Gasteiger partial charge on any atom is -0.444 e. The Morgan fingerprint density at radius 1 is 1.39 bits per heavy atom. The van der Waals surface area contributed by atoms with Crippen molar-refractivity contribution in [1.29, 1.82) is 0 Å². The van der Waals surface area contributed by atoms with E-state index in [2.05, 4.69) is 12.1 Å². The van der Waals surface area contributed by atoms with Gasteiger partial charge in [-0.2, -0.15) is 12.6 Å². The standard InChI is InChI=1S/C18H26N2O2S/c1-17(2,3)22-16(21)20-11-13(12-7-5-4-6-8-12)9-18(20)14(10-19)15(18)23/h4-8,13-15,23H,9-11,19H2,1-3H3/t13-,14?,15?,18+/m1/s1. The highest BCUT2D eigenvalue weighted by atomic mass is 32.1. The van der Waals surface area contributed by atoms with Crippen LogP contribution in [0.3, 0.4) is 0 Å². The van der Waals surface area contributed by atoms with Crippen LogP contribution in [-0.4, -0.2) is 40.5 Å². The molecule has 0 bridgehead atoms. The van der Waals surface area contributed by atoms with Crippen LogP contribution in [0.15, 0.2) is 30.3 Å². The molecule has 2 unspecified atom stereocenters. The van der Waals surface area contributed by atoms with Crippen LogP contribution < -0.4 is 5.73 Å². The fraction of sp³-hybridized carbons (Fsp3) is 0.611. The molecule has 4 nitrogen and oxygen atoms in total. The Morgan fingerprint density at radius 3 is 2.57 bits per heavy atom. The number of hydrogen-bond donors (Lipinski definition) is 2. The van der Waals surface area contributed by atoms with Crippen LogP contribution in [0, 0.1) is 5.92 Å². The fourth-order valence-electron chi connectivity index (χ4n) is 3.92. The van der Waals surface area contributed by atoms with Gasteiger partial charge in [-0.3, -0.25) is 0 Å². The SMILES string of the molecule is CC(C)(C)OC(=O)N1C[C@H](c2ccccc2)C[C@]12C(S)C2CN. The van der Waals surface area contributed by atoms with Crippen molar-refractivity contribution >= 4 is 18.7 Å². The van der Waals surface area contributed by atoms with Gasteiger partial charge in [-0.15, -0.1) is 0 Å². The number of nitrogens with zero attached hydrogens (tertiary/aromatic N) is 1. The molecule has 1 amide bonds. The van der Waals surface area contributed by atoms with Gasteiger partial charge in [-0.25, -0.2) is 4.79 Å². The molecule has 1 spiro atoms. The van der Waals surface area contributed by atoms with Crippen molar-refractivity contribution in [3.8, 4) is 0 Å². The van der Waals surface area contributed by atoms with E-state index < -0.39 is 5.60 Å². The number of likely N-dealkylation sites (tertiary alicyclic amines) is 1. The van der Waals surface area contributed by atoms with E-state index in [0.717, 1.165) is 6.42 Å². The molecule has 4 atom stereocenters. The number of ether oxygens (including phenoxy) is 1. The summed E-state index contributed by atoms with van der Waals surface area (Å²) in [5, 5.41) is 0.133. The molecule has 0 radical (unpaired) electrons. The molecule has 5 heteroatoms. The lowest BCUT2D eigenvalue weighted by Crippen LogP contribution is -2.43. The molecule has 1 heterocycles. The number of hydrogen-bond acceptors (Lipinski definition) is 4. The highest BCUT2D eigenvalue weighted by molar-refractivity contribution is 7.81. The lowest BCUT2D eigenvalue weighted by Gasteiger charge is -2.29. The zero-order chi connectivity index (χ0) is 16.8. The molecule has 1 saturated carbocycles. The second-order valence-corrected chi connectivity index (χ2v) is 8.24. The first-order chi connectivity index (χ1) is 10.8. The summed E-state index contributed by atoms with van der Waals surface area (Å²) < 4.78 is 5.63. The maximum absolute atomic E-state index is 12.7. The van der Waals surface area contributed by atoms with Gasteiger partial charge >= 0.3 is 6.09 Å². The molecule has 23 heavy (non-hydrogen) atoms. The predicted octanol–water partition coefficient (Wildman–Crippen LogP) is 3.04. The van der Waals surface area contributed by atoms with Gasteiger partial charge in [-0.1, -0.05) is 30.3 Å². The van der Waals surface area contributed by atoms with Crippen LogP contribution in [-0.2, 0) is 4.74 Å². The molecule has 0 aromatic heterocycles. The van der Waals surface area contributed by atoms with E-state index in [4.69, 9.17) is 23.1 Å². The van der Waals surface area contributed by atoms with E-state index in [1.807, 2.05) is 43.9 Å². The van der Waals surface area contributed by atoms with Crippen molar-refractivity contribution in [1.82, 2.24) is 4.90 Å². The van der Waals surface area contributed by atoms with E-state index in [9.17, 15) is 4.79 Å². The molecular formula is C18H26N2O2S. The zero-order valence-electron chi connectivity index (χ0n) is 14.0. The minimum absolute atomic E-state index is 0.133. The predicted molar refractivity (Wildman–Crippen MR) is 94.8 cm³/mol. The van der Waals surface area contributed by atoms with Crippen molar-refractivity contribution in [2.45, 2.75) is 49.5 Å². The maximum Gasteiger partial charge on any atom is 0.410 e. The van der Waals surface area contributed by atoms with E-state index >= 15 is 0 Å². The Morgan fingerprint density at radius 2 is 2.04 bits per heavy atom. The van der Waals surface area contributed by atoms with Crippen molar-refractivity contribution in [2.75, 3.05) is 13.1 Å². The number of thiol groups is 1. The Hall–Kier alpha value is -1.20. The Labute approximate surface area is 143 Å². The second-order valence-electron chi connectivity index (χ2n) is 7.68. The molecule has 126 valence electrons. The Balaban J connectivity index is 1.86. The number of benzene rings is 1. The molecule has 2 N–H and O–H groups in total. The smallest absolute Gasteiger partial charge is 0.410 e. The van der Waals surface area contributed by atoms with Crippen molar-refractivity contribution in [3.63, 3.8) is 0 Å². The van der Waals surface area contributed by atoms with Crippen LogP contribution in [0.1, 0.15) is 38.7 Å². The van der Waals surface area contributed by atoms with Gasteiger partial charge in [0.2, 0.25) is 0 Å². The summed E-state index contributed by atoms with van der Waals surface area (Å²) in [6.07, 6.45) is 0.665. The van der Waals surface area contributed by atoms with E-state index in [-0.39, 0.29) is 22.8 Å². The molecule has 1 aliphatic carbocycles. The zero-order valence-corrected chi connectivity index (χ0v) is 14.9. The molecule has 1 saturated heterocycles. The third kappa shape index (κ3) is 2.85. The topological polar surface area (TPSA) is 55.6 Å². The summed E-state index contributed by atoms with van der Waals surface area (Å²) in [6.45, 7) is 6.91. The lowest BCUT2D eigenvalue weighted by atomic mass is 9.95. The quantitative estimate of drug-likeness (QED) is 0.818. The van der Waals surface area contributed by atoms with E-state index in [1.54, 1.807) is 0 Å². The lowest BCUT2D eigenvalue weighted by molar-refractivity contribution is 0.0189. The monoisotopic (exact) mass is 334 g/mol. The summed E-state index contributed by atoms with van der Waals surface area (Å²) in [5.41, 5.74) is 6.44. The minimum atomic E-state index is -0.498. The average Bonchev–Trinajstić information content (AvgIpc) is 2.87. The first kappa shape index (κ1) is 16.7. The van der Waals surface area contributed by atoms with Crippen molar-refractivity contribution in [3.05, 3.63) is 35.9 Å². The van der Waals surface area contributed by atoms with Crippen LogP contribution in [0.5, 0.6) is 0 Å². The van der Waals surface area contributed by atoms with Crippen LogP contribution in [0.2, 0.25) is 0 Å². The van der Waals surface area contributed by atoms with Crippen LogP contribution in [0.4, 0.5) is 4.79 Å². The molecular weight excluding hydrogens is 308 g/mol.